The average Bonchev–Trinajstić information content (AvgIpc) is 3.39. The molecule has 156 valence electrons. The first-order chi connectivity index (χ1) is 14.6. The molecule has 0 bridgehead atoms. The van der Waals surface area contributed by atoms with Crippen molar-refractivity contribution < 1.29 is 9.84 Å². The van der Waals surface area contributed by atoms with Crippen LogP contribution in [0.15, 0.2) is 48.2 Å². The Bertz CT molecular complexity index is 1000. The molecule has 0 radical (unpaired) electrons. The largest absolute Gasteiger partial charge is 0.490 e. The van der Waals surface area contributed by atoms with E-state index < -0.39 is 0 Å². The Hall–Kier alpha value is -2.46. The number of benzene rings is 1. The van der Waals surface area contributed by atoms with Crippen LogP contribution in [0, 0.1) is 17.2 Å². The van der Waals surface area contributed by atoms with Crippen LogP contribution in [-0.4, -0.2) is 35.4 Å². The number of nitrogens with one attached hydrogen (secondary N) is 1. The SMILES string of the molecule is CC(C)Oc1ccc(-c2ncc(C3C=CC=C4C(NCCO)CCC43)s2)cc1C#N. The van der Waals surface area contributed by atoms with Crippen LogP contribution in [0.3, 0.4) is 0 Å². The van der Waals surface area contributed by atoms with Gasteiger partial charge in [0.25, 0.3) is 0 Å². The summed E-state index contributed by atoms with van der Waals surface area (Å²) in [6, 6.07) is 8.31. The standard InChI is InChI=1S/C24H27N3O2S/c1-15(2)29-22-9-6-16(12-17(22)13-25)24-27-14-23(30-24)20-5-3-4-19-18(20)7-8-21(19)26-10-11-28/h3-6,9,12,14-15,18,20-21,26,28H,7-8,10-11H2,1-2H3. The van der Waals surface area contributed by atoms with Gasteiger partial charge in [-0.25, -0.2) is 4.98 Å². The molecule has 0 amide bonds. The fourth-order valence-electron chi connectivity index (χ4n) is 4.42. The molecule has 0 spiro atoms. The monoisotopic (exact) mass is 421 g/mol. The van der Waals surface area contributed by atoms with E-state index in [1.165, 1.54) is 10.5 Å². The molecule has 1 fully saturated rings. The Balaban J connectivity index is 1.55. The van der Waals surface area contributed by atoms with Crippen LogP contribution >= 0.6 is 11.3 Å². The number of fused-ring (bicyclic) bond motifs is 1. The molecule has 5 nitrogen and oxygen atoms in total. The quantitative estimate of drug-likeness (QED) is 0.692. The summed E-state index contributed by atoms with van der Waals surface area (Å²) in [6.07, 6.45) is 10.9. The van der Waals surface area contributed by atoms with Gasteiger partial charge in [-0.3, -0.25) is 0 Å². The number of aromatic nitrogens is 1. The van der Waals surface area contributed by atoms with Crippen molar-refractivity contribution >= 4 is 11.3 Å². The number of hydrogen-bond donors (Lipinski definition) is 2. The molecule has 0 saturated heterocycles. The zero-order chi connectivity index (χ0) is 21.1. The first-order valence-corrected chi connectivity index (χ1v) is 11.3. The number of rotatable bonds is 7. The van der Waals surface area contributed by atoms with Crippen LogP contribution in [-0.2, 0) is 0 Å². The molecule has 2 N–H and O–H groups in total. The number of thiazole rings is 1. The zero-order valence-electron chi connectivity index (χ0n) is 17.3. The summed E-state index contributed by atoms with van der Waals surface area (Å²) in [4.78, 5) is 5.93. The molecular formula is C24H27N3O2S. The van der Waals surface area contributed by atoms with E-state index in [9.17, 15) is 5.26 Å². The van der Waals surface area contributed by atoms with Crippen molar-refractivity contribution in [2.45, 2.75) is 44.8 Å². The van der Waals surface area contributed by atoms with Gasteiger partial charge >= 0.3 is 0 Å². The first-order valence-electron chi connectivity index (χ1n) is 10.5. The molecule has 6 heteroatoms. The Kier molecular flexibility index (Phi) is 6.33. The lowest BCUT2D eigenvalue weighted by atomic mass is 9.83. The highest BCUT2D eigenvalue weighted by Crippen LogP contribution is 2.46. The first kappa shape index (κ1) is 20.8. The Labute approximate surface area is 181 Å². The molecule has 1 aromatic heterocycles. The third-order valence-electron chi connectivity index (χ3n) is 5.70. The van der Waals surface area contributed by atoms with Gasteiger partial charge in [0.2, 0.25) is 0 Å². The van der Waals surface area contributed by atoms with E-state index in [-0.39, 0.29) is 12.7 Å². The van der Waals surface area contributed by atoms with Gasteiger partial charge in [-0.05, 0) is 56.4 Å². The van der Waals surface area contributed by atoms with Gasteiger partial charge < -0.3 is 15.2 Å². The van der Waals surface area contributed by atoms with Crippen LogP contribution in [0.4, 0.5) is 0 Å². The molecule has 4 rings (SSSR count). The predicted octanol–water partition coefficient (Wildman–Crippen LogP) is 4.41. The highest BCUT2D eigenvalue weighted by molar-refractivity contribution is 7.15. The second-order valence-corrected chi connectivity index (χ2v) is 9.11. The molecule has 1 saturated carbocycles. The summed E-state index contributed by atoms with van der Waals surface area (Å²) in [7, 11) is 0. The van der Waals surface area contributed by atoms with Gasteiger partial charge in [0.15, 0.2) is 0 Å². The van der Waals surface area contributed by atoms with E-state index in [1.807, 2.05) is 38.2 Å². The van der Waals surface area contributed by atoms with Gasteiger partial charge in [0.05, 0.1) is 18.3 Å². The molecule has 0 aliphatic heterocycles. The van der Waals surface area contributed by atoms with Crippen molar-refractivity contribution in [1.29, 1.82) is 5.26 Å². The van der Waals surface area contributed by atoms with E-state index >= 15 is 0 Å². The summed E-state index contributed by atoms with van der Waals surface area (Å²) in [5.41, 5.74) is 2.92. The molecule has 3 unspecified atom stereocenters. The van der Waals surface area contributed by atoms with E-state index in [0.29, 0.717) is 35.7 Å². The third kappa shape index (κ3) is 4.20. The maximum absolute atomic E-state index is 9.52. The van der Waals surface area contributed by atoms with E-state index in [2.05, 4.69) is 34.6 Å². The lowest BCUT2D eigenvalue weighted by Gasteiger charge is -2.25. The zero-order valence-corrected chi connectivity index (χ0v) is 18.2. The van der Waals surface area contributed by atoms with Gasteiger partial charge in [-0.15, -0.1) is 11.3 Å². The third-order valence-corrected chi connectivity index (χ3v) is 6.85. The number of hydrogen-bond acceptors (Lipinski definition) is 6. The number of allylic oxidation sites excluding steroid dienone is 3. The van der Waals surface area contributed by atoms with Crippen LogP contribution in [0.2, 0.25) is 0 Å². The normalized spacial score (nSPS) is 22.6. The van der Waals surface area contributed by atoms with E-state index in [1.54, 1.807) is 11.3 Å². The van der Waals surface area contributed by atoms with Crippen molar-refractivity contribution in [2.75, 3.05) is 13.2 Å². The summed E-state index contributed by atoms with van der Waals surface area (Å²) in [5.74, 6) is 1.43. The van der Waals surface area contributed by atoms with E-state index in [4.69, 9.17) is 9.84 Å². The van der Waals surface area contributed by atoms with Gasteiger partial charge in [0.1, 0.15) is 16.8 Å². The summed E-state index contributed by atoms with van der Waals surface area (Å²) in [6.45, 7) is 4.70. The van der Waals surface area contributed by atoms with E-state index in [0.717, 1.165) is 23.4 Å². The second-order valence-electron chi connectivity index (χ2n) is 8.05. The molecule has 30 heavy (non-hydrogen) atoms. The second kappa shape index (κ2) is 9.13. The van der Waals surface area contributed by atoms with Crippen LogP contribution in [0.1, 0.15) is 43.0 Å². The minimum absolute atomic E-state index is 0.0249. The Morgan fingerprint density at radius 3 is 3.00 bits per heavy atom. The van der Waals surface area contributed by atoms with Crippen molar-refractivity contribution in [3.8, 4) is 22.4 Å². The number of aliphatic hydroxyl groups excluding tert-OH is 1. The van der Waals surface area contributed by atoms with Gasteiger partial charge in [-0.2, -0.15) is 5.26 Å². The van der Waals surface area contributed by atoms with Crippen molar-refractivity contribution in [1.82, 2.24) is 10.3 Å². The number of ether oxygens (including phenoxy) is 1. The van der Waals surface area contributed by atoms with Crippen LogP contribution < -0.4 is 10.1 Å². The maximum atomic E-state index is 9.52. The highest BCUT2D eigenvalue weighted by Gasteiger charge is 2.36. The molecule has 2 aliphatic rings. The van der Waals surface area contributed by atoms with Gasteiger partial charge in [-0.1, -0.05) is 18.2 Å². The lowest BCUT2D eigenvalue weighted by Crippen LogP contribution is -2.31. The van der Waals surface area contributed by atoms with Crippen LogP contribution in [0.25, 0.3) is 10.6 Å². The fourth-order valence-corrected chi connectivity index (χ4v) is 5.48. The number of nitriles is 1. The minimum Gasteiger partial charge on any atom is -0.490 e. The van der Waals surface area contributed by atoms with Crippen molar-refractivity contribution in [3.63, 3.8) is 0 Å². The molecule has 1 heterocycles. The predicted molar refractivity (Wildman–Crippen MR) is 120 cm³/mol. The minimum atomic E-state index is 0.0249. The molecule has 2 aliphatic carbocycles. The van der Waals surface area contributed by atoms with Crippen LogP contribution in [0.5, 0.6) is 5.75 Å². The number of aliphatic hydroxyl groups is 1. The Morgan fingerprint density at radius 2 is 2.23 bits per heavy atom. The summed E-state index contributed by atoms with van der Waals surface area (Å²) < 4.78 is 5.74. The Morgan fingerprint density at radius 1 is 1.37 bits per heavy atom. The smallest absolute Gasteiger partial charge is 0.137 e. The molecule has 3 atom stereocenters. The summed E-state index contributed by atoms with van der Waals surface area (Å²) in [5, 5.41) is 23.0. The maximum Gasteiger partial charge on any atom is 0.137 e. The lowest BCUT2D eigenvalue weighted by molar-refractivity contribution is 0.242. The molecule has 1 aromatic carbocycles. The topological polar surface area (TPSA) is 78.2 Å². The molecule has 2 aromatic rings. The number of nitrogens with zero attached hydrogens (tertiary/aromatic N) is 2. The van der Waals surface area contributed by atoms with Crippen molar-refractivity contribution in [3.05, 3.63) is 58.6 Å². The summed E-state index contributed by atoms with van der Waals surface area (Å²) >= 11 is 1.70. The van der Waals surface area contributed by atoms with Crippen molar-refractivity contribution in [2.24, 2.45) is 5.92 Å². The fraction of sp³-hybridized carbons (Fsp3) is 0.417. The average molecular weight is 422 g/mol. The molecular weight excluding hydrogens is 394 g/mol. The highest BCUT2D eigenvalue weighted by atomic mass is 32.1. The van der Waals surface area contributed by atoms with Gasteiger partial charge in [0, 0.05) is 35.1 Å².